The van der Waals surface area contributed by atoms with Crippen molar-refractivity contribution in [1.82, 2.24) is 10.2 Å². The maximum absolute atomic E-state index is 6.28. The Morgan fingerprint density at radius 3 is 2.62 bits per heavy atom. The third-order valence-corrected chi connectivity index (χ3v) is 3.71. The Morgan fingerprint density at radius 2 is 2.00 bits per heavy atom. The van der Waals surface area contributed by atoms with Crippen molar-refractivity contribution < 1.29 is 0 Å². The van der Waals surface area contributed by atoms with E-state index in [0.717, 1.165) is 6.54 Å². The van der Waals surface area contributed by atoms with Crippen LogP contribution in [0.4, 0.5) is 5.69 Å². The highest BCUT2D eigenvalue weighted by Crippen LogP contribution is 2.30. The SMILES string of the molecule is CN(C)CCC1(N)C=CNC(Nc2c(Cl)cccc2Cl)=N1. The van der Waals surface area contributed by atoms with Gasteiger partial charge in [0.25, 0.3) is 0 Å². The fourth-order valence-electron chi connectivity index (χ4n) is 1.88. The van der Waals surface area contributed by atoms with Gasteiger partial charge in [-0.25, -0.2) is 4.99 Å². The molecule has 0 bridgehead atoms. The van der Waals surface area contributed by atoms with Crippen LogP contribution in [0.2, 0.25) is 10.0 Å². The Hall–Kier alpha value is -1.27. The van der Waals surface area contributed by atoms with Gasteiger partial charge in [-0.2, -0.15) is 0 Å². The lowest BCUT2D eigenvalue weighted by atomic mass is 10.1. The van der Waals surface area contributed by atoms with E-state index in [1.165, 1.54) is 0 Å². The maximum atomic E-state index is 6.28. The van der Waals surface area contributed by atoms with Crippen molar-refractivity contribution in [2.45, 2.75) is 12.1 Å². The monoisotopic (exact) mass is 327 g/mol. The molecule has 0 aliphatic carbocycles. The first-order valence-corrected chi connectivity index (χ1v) is 7.34. The number of hydrogen-bond donors (Lipinski definition) is 3. The van der Waals surface area contributed by atoms with Gasteiger partial charge in [0.2, 0.25) is 5.96 Å². The van der Waals surface area contributed by atoms with Crippen molar-refractivity contribution in [3.05, 3.63) is 40.5 Å². The van der Waals surface area contributed by atoms with E-state index in [9.17, 15) is 0 Å². The van der Waals surface area contributed by atoms with E-state index in [-0.39, 0.29) is 0 Å². The topological polar surface area (TPSA) is 65.7 Å². The van der Waals surface area contributed by atoms with Gasteiger partial charge in [0.1, 0.15) is 5.66 Å². The van der Waals surface area contributed by atoms with Crippen LogP contribution in [0, 0.1) is 0 Å². The van der Waals surface area contributed by atoms with Gasteiger partial charge in [-0.1, -0.05) is 29.3 Å². The van der Waals surface area contributed by atoms with Crippen LogP contribution in [0.15, 0.2) is 35.5 Å². The van der Waals surface area contributed by atoms with Crippen molar-refractivity contribution in [3.63, 3.8) is 0 Å². The molecular weight excluding hydrogens is 309 g/mol. The number of para-hydroxylation sites is 1. The summed E-state index contributed by atoms with van der Waals surface area (Å²) in [6.45, 7) is 0.838. The number of guanidine groups is 1. The minimum atomic E-state index is -0.744. The molecule has 0 saturated carbocycles. The number of nitrogens with zero attached hydrogens (tertiary/aromatic N) is 2. The first-order valence-electron chi connectivity index (χ1n) is 6.58. The second kappa shape index (κ2) is 6.66. The lowest BCUT2D eigenvalue weighted by Gasteiger charge is -2.28. The van der Waals surface area contributed by atoms with Gasteiger partial charge in [0.15, 0.2) is 0 Å². The van der Waals surface area contributed by atoms with Crippen molar-refractivity contribution >= 4 is 34.8 Å². The Morgan fingerprint density at radius 1 is 1.33 bits per heavy atom. The van der Waals surface area contributed by atoms with Crippen molar-refractivity contribution in [3.8, 4) is 0 Å². The molecular formula is C14H19Cl2N5. The van der Waals surface area contributed by atoms with Gasteiger partial charge in [-0.3, -0.25) is 0 Å². The minimum absolute atomic E-state index is 0.522. The number of halogens is 2. The molecule has 0 fully saturated rings. The molecule has 1 aromatic carbocycles. The molecule has 114 valence electrons. The number of anilines is 1. The normalized spacial score (nSPS) is 21.1. The number of benzene rings is 1. The van der Waals surface area contributed by atoms with Crippen molar-refractivity contribution in [2.75, 3.05) is 26.0 Å². The van der Waals surface area contributed by atoms with Crippen LogP contribution in [0.5, 0.6) is 0 Å². The second-order valence-corrected chi connectivity index (χ2v) is 6.02. The van der Waals surface area contributed by atoms with E-state index in [1.807, 2.05) is 20.2 Å². The summed E-state index contributed by atoms with van der Waals surface area (Å²) < 4.78 is 0. The molecule has 4 N–H and O–H groups in total. The van der Waals surface area contributed by atoms with Crippen LogP contribution >= 0.6 is 23.2 Å². The smallest absolute Gasteiger partial charge is 0.202 e. The largest absolute Gasteiger partial charge is 0.333 e. The minimum Gasteiger partial charge on any atom is -0.333 e. The lowest BCUT2D eigenvalue weighted by Crippen LogP contribution is -2.45. The zero-order valence-corrected chi connectivity index (χ0v) is 13.5. The number of rotatable bonds is 4. The number of hydrogen-bond acceptors (Lipinski definition) is 5. The molecule has 0 radical (unpaired) electrons. The van der Waals surface area contributed by atoms with Crippen LogP contribution in [-0.4, -0.2) is 37.2 Å². The summed E-state index contributed by atoms with van der Waals surface area (Å²) in [7, 11) is 4.00. The van der Waals surface area contributed by atoms with Crippen LogP contribution in [0.3, 0.4) is 0 Å². The average Bonchev–Trinajstić information content (AvgIpc) is 2.41. The zero-order chi connectivity index (χ0) is 15.5. The molecule has 5 nitrogen and oxygen atoms in total. The fourth-order valence-corrected chi connectivity index (χ4v) is 2.38. The molecule has 0 aromatic heterocycles. The molecule has 1 aliphatic rings. The summed E-state index contributed by atoms with van der Waals surface area (Å²) in [4.78, 5) is 6.57. The highest BCUT2D eigenvalue weighted by atomic mass is 35.5. The Labute approximate surface area is 134 Å². The van der Waals surface area contributed by atoms with Gasteiger partial charge in [-0.05, 0) is 32.3 Å². The first kappa shape index (κ1) is 16.1. The predicted molar refractivity (Wildman–Crippen MR) is 89.9 cm³/mol. The third-order valence-electron chi connectivity index (χ3n) is 3.08. The van der Waals surface area contributed by atoms with Crippen molar-refractivity contribution in [1.29, 1.82) is 0 Å². The van der Waals surface area contributed by atoms with Gasteiger partial charge >= 0.3 is 0 Å². The maximum Gasteiger partial charge on any atom is 0.202 e. The van der Waals surface area contributed by atoms with E-state index in [1.54, 1.807) is 24.4 Å². The summed E-state index contributed by atoms with van der Waals surface area (Å²) >= 11 is 12.3. The third kappa shape index (κ3) is 4.35. The molecule has 1 aromatic rings. The van der Waals surface area contributed by atoms with Crippen LogP contribution in [0.25, 0.3) is 0 Å². The fraction of sp³-hybridized carbons (Fsp3) is 0.357. The standard InChI is InChI=1S/C14H19Cl2N5/c1-21(2)9-7-14(17)6-8-18-13(20-14)19-12-10(15)4-3-5-11(12)16/h3-6,8H,7,9,17H2,1-2H3,(H2,18,19,20). The molecule has 0 amide bonds. The zero-order valence-electron chi connectivity index (χ0n) is 12.0. The molecule has 1 atom stereocenters. The predicted octanol–water partition coefficient (Wildman–Crippen LogP) is 2.48. The van der Waals surface area contributed by atoms with Gasteiger partial charge in [0.05, 0.1) is 15.7 Å². The van der Waals surface area contributed by atoms with Crippen LogP contribution < -0.4 is 16.4 Å². The number of nitrogens with one attached hydrogen (secondary N) is 2. The highest BCUT2D eigenvalue weighted by molar-refractivity contribution is 6.39. The summed E-state index contributed by atoms with van der Waals surface area (Å²) in [5, 5.41) is 7.15. The lowest BCUT2D eigenvalue weighted by molar-refractivity contribution is 0.352. The van der Waals surface area contributed by atoms with Gasteiger partial charge in [-0.15, -0.1) is 0 Å². The van der Waals surface area contributed by atoms with E-state index >= 15 is 0 Å². The molecule has 0 spiro atoms. The quantitative estimate of drug-likeness (QED) is 0.794. The second-order valence-electron chi connectivity index (χ2n) is 5.20. The molecule has 1 aliphatic heterocycles. The Balaban J connectivity index is 2.15. The first-order chi connectivity index (χ1) is 9.89. The Bertz CT molecular complexity index is 550. The summed E-state index contributed by atoms with van der Waals surface area (Å²) in [6.07, 6.45) is 4.32. The van der Waals surface area contributed by atoms with E-state index < -0.39 is 5.66 Å². The molecule has 1 heterocycles. The molecule has 21 heavy (non-hydrogen) atoms. The molecule has 0 saturated heterocycles. The Kier molecular flexibility index (Phi) is 5.11. The average molecular weight is 328 g/mol. The van der Waals surface area contributed by atoms with Gasteiger partial charge in [0, 0.05) is 19.2 Å². The van der Waals surface area contributed by atoms with Gasteiger partial charge < -0.3 is 21.3 Å². The number of aliphatic imine (C=N–C) groups is 1. The number of nitrogens with two attached hydrogens (primary N) is 1. The van der Waals surface area contributed by atoms with Crippen LogP contribution in [-0.2, 0) is 0 Å². The summed E-state index contributed by atoms with van der Waals surface area (Å²) in [5.74, 6) is 0.522. The summed E-state index contributed by atoms with van der Waals surface area (Å²) in [6, 6.07) is 5.31. The van der Waals surface area contributed by atoms with E-state index in [4.69, 9.17) is 28.9 Å². The highest BCUT2D eigenvalue weighted by Gasteiger charge is 2.24. The molecule has 7 heteroatoms. The van der Waals surface area contributed by atoms with Crippen molar-refractivity contribution in [2.24, 2.45) is 10.7 Å². The van der Waals surface area contributed by atoms with E-state index in [0.29, 0.717) is 28.1 Å². The molecule has 1 unspecified atom stereocenters. The molecule has 2 rings (SSSR count). The van der Waals surface area contributed by atoms with Crippen LogP contribution in [0.1, 0.15) is 6.42 Å². The summed E-state index contributed by atoms with van der Waals surface area (Å²) in [5.41, 5.74) is 6.14. The van der Waals surface area contributed by atoms with E-state index in [2.05, 4.69) is 20.5 Å².